The van der Waals surface area contributed by atoms with Crippen LogP contribution in [0.2, 0.25) is 0 Å². The van der Waals surface area contributed by atoms with Crippen LogP contribution >= 0.6 is 0 Å². The molecule has 0 bridgehead atoms. The van der Waals surface area contributed by atoms with Crippen molar-refractivity contribution in [1.29, 1.82) is 0 Å². The van der Waals surface area contributed by atoms with Crippen LogP contribution in [0.5, 0.6) is 0 Å². The summed E-state index contributed by atoms with van der Waals surface area (Å²) in [7, 11) is 0. The van der Waals surface area contributed by atoms with E-state index in [0.717, 1.165) is 11.4 Å². The lowest BCUT2D eigenvalue weighted by molar-refractivity contribution is 1.18. The van der Waals surface area contributed by atoms with Crippen LogP contribution in [0.25, 0.3) is 38.6 Å². The number of fused-ring (bicyclic) bond motifs is 3. The number of anilines is 1. The normalized spacial score (nSPS) is 11.3. The number of benzene rings is 4. The fourth-order valence-corrected chi connectivity index (χ4v) is 4.39. The summed E-state index contributed by atoms with van der Waals surface area (Å²) in [6, 6.07) is 32.5. The Morgan fingerprint density at radius 2 is 1.48 bits per heavy atom. The van der Waals surface area contributed by atoms with Crippen molar-refractivity contribution in [2.24, 2.45) is 0 Å². The van der Waals surface area contributed by atoms with E-state index in [0.29, 0.717) is 0 Å². The van der Waals surface area contributed by atoms with Crippen LogP contribution in [0.1, 0.15) is 5.56 Å². The highest BCUT2D eigenvalue weighted by Crippen LogP contribution is 2.35. The van der Waals surface area contributed by atoms with Gasteiger partial charge in [-0.05, 0) is 72.2 Å². The van der Waals surface area contributed by atoms with Gasteiger partial charge in [0.15, 0.2) is 0 Å². The molecular formula is C31H26N2. The molecule has 1 aromatic heterocycles. The van der Waals surface area contributed by atoms with E-state index < -0.39 is 0 Å². The lowest BCUT2D eigenvalue weighted by Crippen LogP contribution is -1.97. The third-order valence-electron chi connectivity index (χ3n) is 5.98. The maximum Gasteiger partial charge on any atom is 0.0541 e. The maximum absolute atomic E-state index is 4.05. The minimum Gasteiger partial charge on any atom is -0.356 e. The molecule has 2 heteroatoms. The predicted molar refractivity (Wildman–Crippen MR) is 143 cm³/mol. The fraction of sp³-hybridized carbons (Fsp3) is 0.0323. The molecule has 0 radical (unpaired) electrons. The molecule has 0 atom stereocenters. The van der Waals surface area contributed by atoms with Crippen molar-refractivity contribution < 1.29 is 0 Å². The Morgan fingerprint density at radius 1 is 0.788 bits per heavy atom. The molecule has 0 aliphatic heterocycles. The second-order valence-corrected chi connectivity index (χ2v) is 8.19. The van der Waals surface area contributed by atoms with Crippen LogP contribution < -0.4 is 5.32 Å². The summed E-state index contributed by atoms with van der Waals surface area (Å²) in [6.07, 6.45) is 5.53. The predicted octanol–water partition coefficient (Wildman–Crippen LogP) is 8.43. The van der Waals surface area contributed by atoms with Gasteiger partial charge in [0.05, 0.1) is 11.0 Å². The van der Waals surface area contributed by atoms with Gasteiger partial charge in [-0.1, -0.05) is 73.8 Å². The molecule has 0 saturated carbocycles. The van der Waals surface area contributed by atoms with Crippen molar-refractivity contribution in [3.05, 3.63) is 134 Å². The number of aromatic nitrogens is 1. The molecule has 1 heterocycles. The SMILES string of the molecule is C=C/C=C\C(=C)Nc1ccc(-c2ccc3c(c2)c2ccccc2n3-c2ccccc2)cc1C. The Morgan fingerprint density at radius 3 is 2.27 bits per heavy atom. The van der Waals surface area contributed by atoms with Gasteiger partial charge >= 0.3 is 0 Å². The molecule has 0 aliphatic rings. The van der Waals surface area contributed by atoms with Crippen LogP contribution in [0.15, 0.2) is 128 Å². The summed E-state index contributed by atoms with van der Waals surface area (Å²) in [4.78, 5) is 0. The number of allylic oxidation sites excluding steroid dienone is 3. The van der Waals surface area contributed by atoms with E-state index in [-0.39, 0.29) is 0 Å². The summed E-state index contributed by atoms with van der Waals surface area (Å²) >= 11 is 0. The van der Waals surface area contributed by atoms with Crippen LogP contribution in [-0.2, 0) is 0 Å². The van der Waals surface area contributed by atoms with Crippen LogP contribution in [0.4, 0.5) is 5.69 Å². The number of hydrogen-bond acceptors (Lipinski definition) is 1. The molecule has 33 heavy (non-hydrogen) atoms. The van der Waals surface area contributed by atoms with Gasteiger partial charge in [0, 0.05) is 27.8 Å². The molecule has 1 N–H and O–H groups in total. The van der Waals surface area contributed by atoms with Crippen LogP contribution in [0.3, 0.4) is 0 Å². The maximum atomic E-state index is 4.05. The van der Waals surface area contributed by atoms with Crippen LogP contribution in [0, 0.1) is 6.92 Å². The molecule has 160 valence electrons. The zero-order valence-corrected chi connectivity index (χ0v) is 18.8. The molecule has 5 aromatic rings. The number of aryl methyl sites for hydroxylation is 1. The monoisotopic (exact) mass is 426 g/mol. The zero-order chi connectivity index (χ0) is 22.8. The van der Waals surface area contributed by atoms with Gasteiger partial charge in [-0.2, -0.15) is 0 Å². The van der Waals surface area contributed by atoms with Crippen molar-refractivity contribution >= 4 is 27.5 Å². The second kappa shape index (κ2) is 8.68. The van der Waals surface area contributed by atoms with E-state index in [4.69, 9.17) is 0 Å². The Hall–Kier alpha value is -4.30. The summed E-state index contributed by atoms with van der Waals surface area (Å²) < 4.78 is 2.34. The van der Waals surface area contributed by atoms with E-state index in [2.05, 4.69) is 121 Å². The first kappa shape index (κ1) is 20.6. The highest BCUT2D eigenvalue weighted by molar-refractivity contribution is 6.10. The van der Waals surface area contributed by atoms with Gasteiger partial charge in [-0.3, -0.25) is 0 Å². The van der Waals surface area contributed by atoms with Gasteiger partial charge < -0.3 is 9.88 Å². The van der Waals surface area contributed by atoms with E-state index in [1.54, 1.807) is 6.08 Å². The molecule has 0 aliphatic carbocycles. The van der Waals surface area contributed by atoms with E-state index >= 15 is 0 Å². The Kier molecular flexibility index (Phi) is 5.42. The van der Waals surface area contributed by atoms with Crippen LogP contribution in [-0.4, -0.2) is 4.57 Å². The van der Waals surface area contributed by atoms with Gasteiger partial charge in [-0.15, -0.1) is 0 Å². The molecule has 0 spiro atoms. The molecule has 4 aromatic carbocycles. The molecule has 0 unspecified atom stereocenters. The smallest absolute Gasteiger partial charge is 0.0541 e. The van der Waals surface area contributed by atoms with E-state index in [9.17, 15) is 0 Å². The number of para-hydroxylation sites is 2. The highest BCUT2D eigenvalue weighted by atomic mass is 15.0. The third kappa shape index (κ3) is 3.88. The van der Waals surface area contributed by atoms with Gasteiger partial charge in [0.1, 0.15) is 0 Å². The number of nitrogens with zero attached hydrogens (tertiary/aromatic N) is 1. The van der Waals surface area contributed by atoms with Crippen molar-refractivity contribution in [2.75, 3.05) is 5.32 Å². The van der Waals surface area contributed by atoms with Gasteiger partial charge in [0.25, 0.3) is 0 Å². The molecule has 0 amide bonds. The van der Waals surface area contributed by atoms with Gasteiger partial charge in [-0.25, -0.2) is 0 Å². The largest absolute Gasteiger partial charge is 0.356 e. The molecule has 0 fully saturated rings. The molecular weight excluding hydrogens is 400 g/mol. The standard InChI is InChI=1S/C31H26N2/c1-4-5-11-23(3)32-29-18-16-24(20-22(29)2)25-17-19-31-28(21-25)27-14-9-10-15-30(27)33(31)26-12-7-6-8-13-26/h4-21,32H,1,3H2,2H3/b11-5-. The van der Waals surface area contributed by atoms with Crippen molar-refractivity contribution in [3.63, 3.8) is 0 Å². The van der Waals surface area contributed by atoms with Crippen molar-refractivity contribution in [1.82, 2.24) is 4.57 Å². The first-order chi connectivity index (χ1) is 16.2. The summed E-state index contributed by atoms with van der Waals surface area (Å²) in [5, 5.41) is 5.89. The minimum absolute atomic E-state index is 0.834. The number of rotatable bonds is 6. The number of hydrogen-bond donors (Lipinski definition) is 1. The van der Waals surface area contributed by atoms with Crippen molar-refractivity contribution in [2.45, 2.75) is 6.92 Å². The summed E-state index contributed by atoms with van der Waals surface area (Å²) in [6.45, 7) is 9.88. The second-order valence-electron chi connectivity index (χ2n) is 8.19. The highest BCUT2D eigenvalue weighted by Gasteiger charge is 2.13. The fourth-order valence-electron chi connectivity index (χ4n) is 4.39. The average molecular weight is 427 g/mol. The lowest BCUT2D eigenvalue weighted by atomic mass is 10.00. The summed E-state index contributed by atoms with van der Waals surface area (Å²) in [5.41, 5.74) is 9.08. The van der Waals surface area contributed by atoms with E-state index in [1.165, 1.54) is 44.2 Å². The molecule has 2 nitrogen and oxygen atoms in total. The third-order valence-corrected chi connectivity index (χ3v) is 5.98. The van der Waals surface area contributed by atoms with E-state index in [1.807, 2.05) is 12.2 Å². The lowest BCUT2D eigenvalue weighted by Gasteiger charge is -2.12. The quantitative estimate of drug-likeness (QED) is 0.270. The Bertz CT molecular complexity index is 1520. The first-order valence-corrected chi connectivity index (χ1v) is 11.1. The summed E-state index contributed by atoms with van der Waals surface area (Å²) in [5.74, 6) is 0. The minimum atomic E-state index is 0.834. The molecule has 0 saturated heterocycles. The zero-order valence-electron chi connectivity index (χ0n) is 18.8. The molecule has 5 rings (SSSR count). The van der Waals surface area contributed by atoms with Gasteiger partial charge in [0.2, 0.25) is 0 Å². The topological polar surface area (TPSA) is 17.0 Å². The average Bonchev–Trinajstić information content (AvgIpc) is 3.18. The van der Waals surface area contributed by atoms with Crippen molar-refractivity contribution in [3.8, 4) is 16.8 Å². The first-order valence-electron chi connectivity index (χ1n) is 11.1. The number of nitrogens with one attached hydrogen (secondary N) is 1. The Balaban J connectivity index is 1.59. The Labute approximate surface area is 194 Å².